The number of Topliss-reactive ketones (excluding diaryl/α,β-unsaturated/α-hetero) is 1. The highest BCUT2D eigenvalue weighted by molar-refractivity contribution is 6.00. The molecule has 4 heteroatoms. The second-order valence-corrected chi connectivity index (χ2v) is 4.88. The van der Waals surface area contributed by atoms with Crippen LogP contribution in [0.5, 0.6) is 5.75 Å². The van der Waals surface area contributed by atoms with Crippen LogP contribution in [0, 0.1) is 18.6 Å². The van der Waals surface area contributed by atoms with Gasteiger partial charge in [0.15, 0.2) is 5.78 Å². The van der Waals surface area contributed by atoms with Crippen molar-refractivity contribution in [1.29, 1.82) is 0 Å². The molecule has 1 unspecified atom stereocenters. The van der Waals surface area contributed by atoms with Crippen LogP contribution >= 0.6 is 0 Å². The predicted octanol–water partition coefficient (Wildman–Crippen LogP) is 3.98. The van der Waals surface area contributed by atoms with Gasteiger partial charge in [-0.1, -0.05) is 6.07 Å². The maximum atomic E-state index is 13.1. The third-order valence-electron chi connectivity index (χ3n) is 3.46. The summed E-state index contributed by atoms with van der Waals surface area (Å²) < 4.78 is 32.0. The van der Waals surface area contributed by atoms with E-state index in [1.54, 1.807) is 13.0 Å². The van der Waals surface area contributed by atoms with Gasteiger partial charge in [0, 0.05) is 0 Å². The van der Waals surface area contributed by atoms with Crippen LogP contribution in [-0.4, -0.2) is 5.78 Å². The highest BCUT2D eigenvalue weighted by atomic mass is 19.1. The Kier molecular flexibility index (Phi) is 3.01. The number of hydrogen-bond donors (Lipinski definition) is 0. The quantitative estimate of drug-likeness (QED) is 0.786. The number of ether oxygens (including phenoxy) is 1. The van der Waals surface area contributed by atoms with E-state index in [4.69, 9.17) is 4.74 Å². The van der Waals surface area contributed by atoms with Crippen LogP contribution in [0.4, 0.5) is 8.78 Å². The molecule has 2 nitrogen and oxygen atoms in total. The molecule has 102 valence electrons. The fourth-order valence-corrected chi connectivity index (χ4v) is 2.47. The van der Waals surface area contributed by atoms with E-state index < -0.39 is 11.9 Å². The van der Waals surface area contributed by atoms with Crippen LogP contribution in [0.25, 0.3) is 0 Å². The van der Waals surface area contributed by atoms with Crippen molar-refractivity contribution >= 4 is 5.78 Å². The number of carbonyl (C=O) groups excluding carboxylic acids is 1. The van der Waals surface area contributed by atoms with E-state index in [0.29, 0.717) is 5.75 Å². The molecule has 1 aliphatic heterocycles. The van der Waals surface area contributed by atoms with E-state index in [2.05, 4.69) is 0 Å². The van der Waals surface area contributed by atoms with Gasteiger partial charge in [-0.25, -0.2) is 8.78 Å². The molecule has 1 aliphatic rings. The number of aryl methyl sites for hydroxylation is 1. The molecule has 0 bridgehead atoms. The summed E-state index contributed by atoms with van der Waals surface area (Å²) in [5, 5.41) is 0. The maximum absolute atomic E-state index is 13.1. The van der Waals surface area contributed by atoms with Gasteiger partial charge < -0.3 is 4.74 Å². The van der Waals surface area contributed by atoms with Crippen molar-refractivity contribution in [2.24, 2.45) is 0 Å². The molecule has 0 fully saturated rings. The van der Waals surface area contributed by atoms with Gasteiger partial charge in [0.1, 0.15) is 23.5 Å². The summed E-state index contributed by atoms with van der Waals surface area (Å²) in [5.74, 6) is -0.580. The Morgan fingerprint density at radius 2 is 1.80 bits per heavy atom. The first-order valence-corrected chi connectivity index (χ1v) is 6.30. The Bertz CT molecular complexity index is 695. The van der Waals surface area contributed by atoms with Crippen LogP contribution in [0.1, 0.15) is 34.0 Å². The van der Waals surface area contributed by atoms with Crippen molar-refractivity contribution in [2.45, 2.75) is 19.4 Å². The van der Waals surface area contributed by atoms with Crippen molar-refractivity contribution in [2.75, 3.05) is 0 Å². The highest BCUT2D eigenvalue weighted by Gasteiger charge is 2.28. The predicted molar refractivity (Wildman–Crippen MR) is 69.9 cm³/mol. The average Bonchev–Trinajstić information content (AvgIpc) is 2.39. The summed E-state index contributed by atoms with van der Waals surface area (Å²) in [4.78, 5) is 12.1. The van der Waals surface area contributed by atoms with Crippen LogP contribution in [0.2, 0.25) is 0 Å². The Hall–Kier alpha value is -2.23. The molecule has 0 radical (unpaired) electrons. The van der Waals surface area contributed by atoms with Gasteiger partial charge in [0.05, 0.1) is 12.0 Å². The second-order valence-electron chi connectivity index (χ2n) is 4.88. The number of hydrogen-bond acceptors (Lipinski definition) is 2. The standard InChI is InChI=1S/C16H12F2O2/c1-9-6-10(17)2-4-12(9)16-8-14(19)13-7-11(18)3-5-15(13)20-16/h2-7,16H,8H2,1H3. The average molecular weight is 274 g/mol. The summed E-state index contributed by atoms with van der Waals surface area (Å²) in [6.07, 6.45) is -0.329. The second kappa shape index (κ2) is 4.71. The van der Waals surface area contributed by atoms with Crippen LogP contribution in [0.15, 0.2) is 36.4 Å². The summed E-state index contributed by atoms with van der Waals surface area (Å²) in [7, 11) is 0. The molecule has 2 aromatic carbocycles. The molecule has 2 aromatic rings. The van der Waals surface area contributed by atoms with Crippen LogP contribution in [0.3, 0.4) is 0 Å². The topological polar surface area (TPSA) is 26.3 Å². The van der Waals surface area contributed by atoms with E-state index >= 15 is 0 Å². The first kappa shape index (κ1) is 12.8. The van der Waals surface area contributed by atoms with Crippen molar-refractivity contribution in [1.82, 2.24) is 0 Å². The SMILES string of the molecule is Cc1cc(F)ccc1C1CC(=O)c2cc(F)ccc2O1. The third kappa shape index (κ3) is 2.18. The smallest absolute Gasteiger partial charge is 0.170 e. The lowest BCUT2D eigenvalue weighted by molar-refractivity contribution is 0.0848. The fourth-order valence-electron chi connectivity index (χ4n) is 2.47. The van der Waals surface area contributed by atoms with E-state index in [-0.39, 0.29) is 23.6 Å². The summed E-state index contributed by atoms with van der Waals surface area (Å²) in [6.45, 7) is 1.77. The number of halogens is 2. The lowest BCUT2D eigenvalue weighted by atomic mass is 9.94. The number of benzene rings is 2. The molecule has 0 aromatic heterocycles. The number of rotatable bonds is 1. The van der Waals surface area contributed by atoms with Gasteiger partial charge in [-0.05, 0) is 48.4 Å². The molecule has 1 atom stereocenters. The lowest BCUT2D eigenvalue weighted by Crippen LogP contribution is -2.21. The monoisotopic (exact) mass is 274 g/mol. The molecule has 3 rings (SSSR count). The van der Waals surface area contributed by atoms with Gasteiger partial charge in [0.2, 0.25) is 0 Å². The number of ketones is 1. The molecular weight excluding hydrogens is 262 g/mol. The summed E-state index contributed by atoms with van der Waals surface area (Å²) in [6, 6.07) is 8.27. The Morgan fingerprint density at radius 1 is 1.10 bits per heavy atom. The van der Waals surface area contributed by atoms with Crippen molar-refractivity contribution in [3.05, 3.63) is 64.7 Å². The molecule has 0 amide bonds. The van der Waals surface area contributed by atoms with E-state index in [1.807, 2.05) is 0 Å². The third-order valence-corrected chi connectivity index (χ3v) is 3.46. The van der Waals surface area contributed by atoms with Crippen LogP contribution < -0.4 is 4.74 Å². The maximum Gasteiger partial charge on any atom is 0.170 e. The van der Waals surface area contributed by atoms with Crippen LogP contribution in [-0.2, 0) is 0 Å². The molecule has 0 aliphatic carbocycles. The molecule has 0 N–H and O–H groups in total. The molecular formula is C16H12F2O2. The largest absolute Gasteiger partial charge is 0.484 e. The zero-order valence-corrected chi connectivity index (χ0v) is 10.8. The minimum Gasteiger partial charge on any atom is -0.484 e. The summed E-state index contributed by atoms with van der Waals surface area (Å²) >= 11 is 0. The minimum atomic E-state index is -0.461. The van der Waals surface area contributed by atoms with E-state index in [0.717, 1.165) is 11.1 Å². The van der Waals surface area contributed by atoms with Gasteiger partial charge in [-0.2, -0.15) is 0 Å². The zero-order valence-electron chi connectivity index (χ0n) is 10.8. The van der Waals surface area contributed by atoms with Gasteiger partial charge >= 0.3 is 0 Å². The Balaban J connectivity index is 1.99. The molecule has 1 heterocycles. The van der Waals surface area contributed by atoms with Gasteiger partial charge in [-0.15, -0.1) is 0 Å². The van der Waals surface area contributed by atoms with Crippen molar-refractivity contribution in [3.63, 3.8) is 0 Å². The van der Waals surface area contributed by atoms with Gasteiger partial charge in [0.25, 0.3) is 0 Å². The van der Waals surface area contributed by atoms with E-state index in [1.165, 1.54) is 30.3 Å². The Morgan fingerprint density at radius 3 is 2.55 bits per heavy atom. The normalized spacial score (nSPS) is 17.6. The minimum absolute atomic E-state index is 0.128. The summed E-state index contributed by atoms with van der Waals surface area (Å²) in [5.41, 5.74) is 1.77. The molecule has 0 spiro atoms. The van der Waals surface area contributed by atoms with Crippen molar-refractivity contribution < 1.29 is 18.3 Å². The first-order chi connectivity index (χ1) is 9.54. The zero-order chi connectivity index (χ0) is 14.3. The number of fused-ring (bicyclic) bond motifs is 1. The molecule has 0 saturated heterocycles. The van der Waals surface area contributed by atoms with Gasteiger partial charge in [-0.3, -0.25) is 4.79 Å². The molecule has 0 saturated carbocycles. The Labute approximate surface area is 115 Å². The fraction of sp³-hybridized carbons (Fsp3) is 0.188. The van der Waals surface area contributed by atoms with E-state index in [9.17, 15) is 13.6 Å². The first-order valence-electron chi connectivity index (χ1n) is 6.30. The highest BCUT2D eigenvalue weighted by Crippen LogP contribution is 2.36. The molecule has 20 heavy (non-hydrogen) atoms. The number of carbonyl (C=O) groups is 1. The van der Waals surface area contributed by atoms with Crippen molar-refractivity contribution in [3.8, 4) is 5.75 Å². The lowest BCUT2D eigenvalue weighted by Gasteiger charge is -2.26.